The molecule has 28 heavy (non-hydrogen) atoms. The lowest BCUT2D eigenvalue weighted by Gasteiger charge is -2.14. The molecule has 0 bridgehead atoms. The normalized spacial score (nSPS) is 11.0. The van der Waals surface area contributed by atoms with Crippen molar-refractivity contribution in [3.05, 3.63) is 92.9 Å². The number of ether oxygens (including phenoxy) is 2. The molecule has 0 radical (unpaired) electrons. The van der Waals surface area contributed by atoms with Crippen LogP contribution in [0.5, 0.6) is 11.5 Å². The van der Waals surface area contributed by atoms with E-state index in [1.165, 1.54) is 0 Å². The van der Waals surface area contributed by atoms with Crippen molar-refractivity contribution in [3.63, 3.8) is 0 Å². The van der Waals surface area contributed by atoms with E-state index in [-0.39, 0.29) is 0 Å². The second-order valence-corrected chi connectivity index (χ2v) is 7.28. The summed E-state index contributed by atoms with van der Waals surface area (Å²) in [6.07, 6.45) is 1.79. The summed E-state index contributed by atoms with van der Waals surface area (Å²) in [5, 5.41) is 10.1. The Morgan fingerprint density at radius 1 is 1.11 bits per heavy atom. The highest BCUT2D eigenvalue weighted by Gasteiger charge is 2.12. The zero-order chi connectivity index (χ0) is 19.9. The zero-order valence-electron chi connectivity index (χ0n) is 15.2. The number of hydrogen-bond acceptors (Lipinski definition) is 3. The van der Waals surface area contributed by atoms with Crippen LogP contribution in [-0.2, 0) is 6.61 Å². The van der Waals surface area contributed by atoms with Gasteiger partial charge in [-0.15, -0.1) is 0 Å². The summed E-state index contributed by atoms with van der Waals surface area (Å²) in [6, 6.07) is 23.1. The van der Waals surface area contributed by atoms with E-state index < -0.39 is 0 Å². The maximum absolute atomic E-state index is 9.56. The quantitative estimate of drug-likeness (QED) is 0.305. The van der Waals surface area contributed by atoms with Crippen LogP contribution in [0, 0.1) is 11.3 Å². The molecule has 0 aliphatic carbocycles. The Labute approximate surface area is 177 Å². The number of halogens is 2. The minimum Gasteiger partial charge on any atom is -0.493 e. The molecule has 0 fully saturated rings. The standard InChI is InChI=1S/C23H17BrClNO2/c1-27-22-12-17(10-19(14-26)18-8-5-9-20(25)13-18)11-21(24)23(22)28-15-16-6-3-2-4-7-16/h2-13H,15H2,1H3/b19-10-. The van der Waals surface area contributed by atoms with E-state index >= 15 is 0 Å². The van der Waals surface area contributed by atoms with Crippen molar-refractivity contribution in [2.45, 2.75) is 6.61 Å². The smallest absolute Gasteiger partial charge is 0.175 e. The average molecular weight is 455 g/mol. The van der Waals surface area contributed by atoms with Crippen LogP contribution < -0.4 is 9.47 Å². The van der Waals surface area contributed by atoms with Crippen LogP contribution in [0.3, 0.4) is 0 Å². The first-order valence-electron chi connectivity index (χ1n) is 8.52. The van der Waals surface area contributed by atoms with Crippen LogP contribution in [0.1, 0.15) is 16.7 Å². The van der Waals surface area contributed by atoms with E-state index in [4.69, 9.17) is 21.1 Å². The predicted octanol–water partition coefficient (Wildman–Crippen LogP) is 6.75. The Morgan fingerprint density at radius 3 is 2.57 bits per heavy atom. The number of nitriles is 1. The third-order valence-corrected chi connectivity index (χ3v) is 4.87. The molecule has 3 aromatic carbocycles. The van der Waals surface area contributed by atoms with Crippen LogP contribution in [0.4, 0.5) is 0 Å². The molecule has 0 amide bonds. The molecule has 0 aliphatic heterocycles. The van der Waals surface area contributed by atoms with Gasteiger partial charge in [0, 0.05) is 5.02 Å². The van der Waals surface area contributed by atoms with Gasteiger partial charge in [0.25, 0.3) is 0 Å². The zero-order valence-corrected chi connectivity index (χ0v) is 17.5. The number of nitrogens with zero attached hydrogens (tertiary/aromatic N) is 1. The van der Waals surface area contributed by atoms with E-state index in [0.29, 0.717) is 28.7 Å². The molecule has 0 atom stereocenters. The van der Waals surface area contributed by atoms with Crippen molar-refractivity contribution < 1.29 is 9.47 Å². The molecule has 0 aromatic heterocycles. The van der Waals surface area contributed by atoms with Gasteiger partial charge >= 0.3 is 0 Å². The Kier molecular flexibility index (Phi) is 6.76. The highest BCUT2D eigenvalue weighted by Crippen LogP contribution is 2.38. The third-order valence-electron chi connectivity index (χ3n) is 4.04. The molecule has 140 valence electrons. The van der Waals surface area contributed by atoms with Crippen molar-refractivity contribution in [1.29, 1.82) is 5.26 Å². The Bertz CT molecular complexity index is 1040. The van der Waals surface area contributed by atoms with Crippen molar-refractivity contribution in [1.82, 2.24) is 0 Å². The minimum absolute atomic E-state index is 0.428. The first-order valence-corrected chi connectivity index (χ1v) is 9.70. The first kappa shape index (κ1) is 20.0. The van der Waals surface area contributed by atoms with Gasteiger partial charge in [-0.1, -0.05) is 54.1 Å². The molecular weight excluding hydrogens is 438 g/mol. The number of benzene rings is 3. The molecule has 0 heterocycles. The molecule has 3 aromatic rings. The van der Waals surface area contributed by atoms with Crippen molar-refractivity contribution in [2.75, 3.05) is 7.11 Å². The fourth-order valence-corrected chi connectivity index (χ4v) is 3.46. The second-order valence-electron chi connectivity index (χ2n) is 5.99. The maximum atomic E-state index is 9.56. The largest absolute Gasteiger partial charge is 0.493 e. The summed E-state index contributed by atoms with van der Waals surface area (Å²) in [7, 11) is 1.59. The van der Waals surface area contributed by atoms with Crippen LogP contribution in [0.2, 0.25) is 5.02 Å². The van der Waals surface area contributed by atoms with Gasteiger partial charge in [0.05, 0.1) is 23.2 Å². The van der Waals surface area contributed by atoms with E-state index in [2.05, 4.69) is 22.0 Å². The fourth-order valence-electron chi connectivity index (χ4n) is 2.70. The summed E-state index contributed by atoms with van der Waals surface area (Å²) in [5.41, 5.74) is 3.14. The van der Waals surface area contributed by atoms with Gasteiger partial charge in [-0.2, -0.15) is 5.26 Å². The van der Waals surface area contributed by atoms with Gasteiger partial charge in [-0.3, -0.25) is 0 Å². The van der Waals surface area contributed by atoms with Gasteiger partial charge in [0.2, 0.25) is 0 Å². The molecule has 0 N–H and O–H groups in total. The van der Waals surface area contributed by atoms with E-state index in [1.54, 1.807) is 25.3 Å². The summed E-state index contributed by atoms with van der Waals surface area (Å²) in [5.74, 6) is 1.20. The summed E-state index contributed by atoms with van der Waals surface area (Å²) < 4.78 is 12.2. The number of hydrogen-bond donors (Lipinski definition) is 0. The highest BCUT2D eigenvalue weighted by atomic mass is 79.9. The van der Waals surface area contributed by atoms with Gasteiger partial charge in [0.15, 0.2) is 11.5 Å². The van der Waals surface area contributed by atoms with E-state index in [0.717, 1.165) is 21.2 Å². The summed E-state index contributed by atoms with van der Waals surface area (Å²) in [4.78, 5) is 0. The highest BCUT2D eigenvalue weighted by molar-refractivity contribution is 9.10. The van der Waals surface area contributed by atoms with Crippen molar-refractivity contribution >= 4 is 39.2 Å². The van der Waals surface area contributed by atoms with Crippen LogP contribution in [0.25, 0.3) is 11.6 Å². The first-order chi connectivity index (χ1) is 13.6. The van der Waals surface area contributed by atoms with Crippen LogP contribution >= 0.6 is 27.5 Å². The Hall–Kier alpha value is -2.74. The molecular formula is C23H17BrClNO2. The summed E-state index contributed by atoms with van der Waals surface area (Å²) in [6.45, 7) is 0.428. The third kappa shape index (κ3) is 4.95. The topological polar surface area (TPSA) is 42.2 Å². The molecule has 0 saturated heterocycles. The van der Waals surface area contributed by atoms with Gasteiger partial charge in [-0.25, -0.2) is 0 Å². The van der Waals surface area contributed by atoms with Crippen molar-refractivity contribution in [2.24, 2.45) is 0 Å². The lowest BCUT2D eigenvalue weighted by atomic mass is 10.0. The predicted molar refractivity (Wildman–Crippen MR) is 116 cm³/mol. The van der Waals surface area contributed by atoms with E-state index in [1.807, 2.05) is 54.6 Å². The molecule has 0 spiro atoms. The van der Waals surface area contributed by atoms with E-state index in [9.17, 15) is 5.26 Å². The fraction of sp³-hybridized carbons (Fsp3) is 0.0870. The van der Waals surface area contributed by atoms with Gasteiger partial charge < -0.3 is 9.47 Å². The van der Waals surface area contributed by atoms with Gasteiger partial charge in [0.1, 0.15) is 6.61 Å². The molecule has 0 saturated carbocycles. The average Bonchev–Trinajstić information content (AvgIpc) is 2.71. The van der Waals surface area contributed by atoms with Gasteiger partial charge in [-0.05, 0) is 63.0 Å². The maximum Gasteiger partial charge on any atom is 0.175 e. The lowest BCUT2D eigenvalue weighted by Crippen LogP contribution is -1.99. The van der Waals surface area contributed by atoms with Crippen molar-refractivity contribution in [3.8, 4) is 17.6 Å². The number of allylic oxidation sites excluding steroid dienone is 1. The van der Waals surface area contributed by atoms with Crippen LogP contribution in [-0.4, -0.2) is 7.11 Å². The molecule has 0 aliphatic rings. The minimum atomic E-state index is 0.428. The lowest BCUT2D eigenvalue weighted by molar-refractivity contribution is 0.282. The Morgan fingerprint density at radius 2 is 1.89 bits per heavy atom. The second kappa shape index (κ2) is 9.45. The number of rotatable bonds is 6. The monoisotopic (exact) mass is 453 g/mol. The molecule has 3 nitrogen and oxygen atoms in total. The summed E-state index contributed by atoms with van der Waals surface area (Å²) >= 11 is 9.60. The van der Waals surface area contributed by atoms with Crippen LogP contribution in [0.15, 0.2) is 71.2 Å². The molecule has 0 unspecified atom stereocenters. The number of methoxy groups -OCH3 is 1. The SMILES string of the molecule is COc1cc(/C=C(/C#N)c2cccc(Cl)c2)cc(Br)c1OCc1ccccc1. The molecule has 5 heteroatoms. The molecule has 3 rings (SSSR count). The Balaban J connectivity index is 1.91.